The number of hydrogen-bond donors (Lipinski definition) is 2. The zero-order valence-electron chi connectivity index (χ0n) is 11.9. The number of benzene rings is 1. The van der Waals surface area contributed by atoms with Crippen molar-refractivity contribution in [2.24, 2.45) is 0 Å². The highest BCUT2D eigenvalue weighted by Crippen LogP contribution is 2.30. The molecule has 0 radical (unpaired) electrons. The van der Waals surface area contributed by atoms with Gasteiger partial charge in [0.15, 0.2) is 0 Å². The molecule has 0 fully saturated rings. The third-order valence-electron chi connectivity index (χ3n) is 3.53. The lowest BCUT2D eigenvalue weighted by atomic mass is 10.00. The highest BCUT2D eigenvalue weighted by molar-refractivity contribution is 5.93. The fourth-order valence-corrected chi connectivity index (χ4v) is 2.55. The highest BCUT2D eigenvalue weighted by atomic mass is 16.7. The Bertz CT molecular complexity index is 688. The van der Waals surface area contributed by atoms with Gasteiger partial charge in [-0.15, -0.1) is 0 Å². The molecule has 1 aromatic carbocycles. The van der Waals surface area contributed by atoms with Crippen LogP contribution in [0.3, 0.4) is 0 Å². The van der Waals surface area contributed by atoms with E-state index >= 15 is 0 Å². The zero-order chi connectivity index (χ0) is 14.7. The lowest BCUT2D eigenvalue weighted by molar-refractivity contribution is 0.104. The van der Waals surface area contributed by atoms with Gasteiger partial charge in [-0.2, -0.15) is 0 Å². The maximum atomic E-state index is 11.3. The summed E-state index contributed by atoms with van der Waals surface area (Å²) in [6.45, 7) is 3.96. The van der Waals surface area contributed by atoms with Crippen molar-refractivity contribution in [1.82, 2.24) is 10.3 Å². The Morgan fingerprint density at radius 2 is 2.29 bits per heavy atom. The fraction of sp³-hybridized carbons (Fsp3) is 0.312. The third-order valence-corrected chi connectivity index (χ3v) is 3.53. The molecule has 0 amide bonds. The van der Waals surface area contributed by atoms with Crippen LogP contribution in [0.1, 0.15) is 18.9 Å². The van der Waals surface area contributed by atoms with E-state index in [0.717, 1.165) is 30.4 Å². The van der Waals surface area contributed by atoms with Crippen LogP contribution in [0.15, 0.2) is 30.5 Å². The molecule has 1 aromatic heterocycles. The minimum atomic E-state index is -0.676. The third kappa shape index (κ3) is 2.92. The number of aromatic nitrogens is 1. The van der Waals surface area contributed by atoms with Crippen molar-refractivity contribution < 1.29 is 14.3 Å². The number of aromatic amines is 1. The summed E-state index contributed by atoms with van der Waals surface area (Å²) in [5.41, 5.74) is 3.51. The summed E-state index contributed by atoms with van der Waals surface area (Å²) in [6.07, 6.45) is 4.57. The predicted octanol–water partition coefficient (Wildman–Crippen LogP) is 3.08. The Balaban J connectivity index is 1.87. The minimum Gasteiger partial charge on any atom is -0.434 e. The number of nitrogens with one attached hydrogen (secondary N) is 2. The van der Waals surface area contributed by atoms with Gasteiger partial charge in [0, 0.05) is 35.3 Å². The van der Waals surface area contributed by atoms with Gasteiger partial charge in [-0.1, -0.05) is 6.08 Å². The molecule has 0 unspecified atom stereocenters. The van der Waals surface area contributed by atoms with Gasteiger partial charge in [-0.25, -0.2) is 4.79 Å². The lowest BCUT2D eigenvalue weighted by Gasteiger charge is -2.13. The largest absolute Gasteiger partial charge is 0.513 e. The molecule has 0 aliphatic carbocycles. The molecule has 5 nitrogen and oxygen atoms in total. The Morgan fingerprint density at radius 1 is 1.38 bits per heavy atom. The van der Waals surface area contributed by atoms with Crippen LogP contribution in [0.5, 0.6) is 5.75 Å². The maximum Gasteiger partial charge on any atom is 0.513 e. The second kappa shape index (κ2) is 6.01. The van der Waals surface area contributed by atoms with E-state index < -0.39 is 6.16 Å². The molecular formula is C16H18N2O3. The summed E-state index contributed by atoms with van der Waals surface area (Å²) in [5, 5.41) is 4.45. The summed E-state index contributed by atoms with van der Waals surface area (Å²) in [6, 6.07) is 5.58. The lowest BCUT2D eigenvalue weighted by Crippen LogP contribution is -2.19. The molecule has 5 heteroatoms. The topological polar surface area (TPSA) is 63.4 Å². The van der Waals surface area contributed by atoms with E-state index in [1.54, 1.807) is 13.0 Å². The minimum absolute atomic E-state index is 0.302. The molecule has 0 atom stereocenters. The van der Waals surface area contributed by atoms with Crippen molar-refractivity contribution in [3.63, 3.8) is 0 Å². The highest BCUT2D eigenvalue weighted by Gasteiger charge is 2.12. The Kier molecular flexibility index (Phi) is 3.92. The van der Waals surface area contributed by atoms with Gasteiger partial charge in [0.05, 0.1) is 6.61 Å². The Labute approximate surface area is 122 Å². The van der Waals surface area contributed by atoms with Crippen LogP contribution in [0.25, 0.3) is 16.5 Å². The zero-order valence-corrected chi connectivity index (χ0v) is 11.9. The molecule has 110 valence electrons. The van der Waals surface area contributed by atoms with E-state index in [0.29, 0.717) is 12.4 Å². The van der Waals surface area contributed by atoms with E-state index in [9.17, 15) is 4.79 Å². The normalized spacial score (nSPS) is 14.8. The summed E-state index contributed by atoms with van der Waals surface area (Å²) >= 11 is 0. The van der Waals surface area contributed by atoms with Crippen LogP contribution < -0.4 is 10.1 Å². The van der Waals surface area contributed by atoms with Crippen molar-refractivity contribution in [3.8, 4) is 5.75 Å². The first-order chi connectivity index (χ1) is 10.3. The van der Waals surface area contributed by atoms with Crippen LogP contribution >= 0.6 is 0 Å². The first-order valence-electron chi connectivity index (χ1n) is 7.14. The second-order valence-corrected chi connectivity index (χ2v) is 4.88. The first kappa shape index (κ1) is 13.7. The summed E-state index contributed by atoms with van der Waals surface area (Å²) < 4.78 is 9.88. The molecule has 1 aliphatic heterocycles. The van der Waals surface area contributed by atoms with Crippen molar-refractivity contribution >= 4 is 22.6 Å². The standard InChI is InChI=1S/C16H18N2O3/c1-2-20-16(19)21-12-3-4-13-14(10-18-15(13)9-12)11-5-7-17-8-6-11/h3-5,9-10,17-18H,2,6-8H2,1H3. The molecule has 0 spiro atoms. The van der Waals surface area contributed by atoms with E-state index in [2.05, 4.69) is 16.4 Å². The molecule has 2 N–H and O–H groups in total. The number of rotatable bonds is 3. The van der Waals surface area contributed by atoms with Gasteiger partial charge in [-0.3, -0.25) is 0 Å². The first-order valence-corrected chi connectivity index (χ1v) is 7.14. The number of carbonyl (C=O) groups excluding carboxylic acids is 1. The van der Waals surface area contributed by atoms with Crippen molar-refractivity contribution in [2.75, 3.05) is 19.7 Å². The molecule has 2 aromatic rings. The number of hydrogen-bond acceptors (Lipinski definition) is 4. The predicted molar refractivity (Wildman–Crippen MR) is 81.4 cm³/mol. The molecule has 0 bridgehead atoms. The van der Waals surface area contributed by atoms with E-state index in [-0.39, 0.29) is 0 Å². The molecule has 1 aliphatic rings. The summed E-state index contributed by atoms with van der Waals surface area (Å²) in [5.74, 6) is 0.480. The average Bonchev–Trinajstić information content (AvgIpc) is 2.91. The molecule has 21 heavy (non-hydrogen) atoms. The van der Waals surface area contributed by atoms with Crippen LogP contribution in [0, 0.1) is 0 Å². The van der Waals surface area contributed by atoms with Crippen LogP contribution in [-0.4, -0.2) is 30.8 Å². The SMILES string of the molecule is CCOC(=O)Oc1ccc2c(C3=CCNCC3)c[nH]c2c1. The number of ether oxygens (including phenoxy) is 2. The van der Waals surface area contributed by atoms with E-state index in [1.165, 1.54) is 11.1 Å². The maximum absolute atomic E-state index is 11.3. The quantitative estimate of drug-likeness (QED) is 0.672. The van der Waals surface area contributed by atoms with Gasteiger partial charge >= 0.3 is 6.16 Å². The Hall–Kier alpha value is -2.27. The molecule has 0 saturated carbocycles. The number of fused-ring (bicyclic) bond motifs is 1. The summed E-state index contributed by atoms with van der Waals surface area (Å²) in [7, 11) is 0. The smallest absolute Gasteiger partial charge is 0.434 e. The van der Waals surface area contributed by atoms with E-state index in [1.807, 2.05) is 18.3 Å². The molecular weight excluding hydrogens is 268 g/mol. The molecule has 2 heterocycles. The van der Waals surface area contributed by atoms with Gasteiger partial charge in [0.1, 0.15) is 5.75 Å². The van der Waals surface area contributed by atoms with Crippen molar-refractivity contribution in [3.05, 3.63) is 36.0 Å². The molecule has 3 rings (SSSR count). The monoisotopic (exact) mass is 286 g/mol. The summed E-state index contributed by atoms with van der Waals surface area (Å²) in [4.78, 5) is 14.6. The van der Waals surface area contributed by atoms with Gasteiger partial charge in [-0.05, 0) is 37.6 Å². The Morgan fingerprint density at radius 3 is 3.05 bits per heavy atom. The van der Waals surface area contributed by atoms with Crippen LogP contribution in [0.2, 0.25) is 0 Å². The molecule has 0 saturated heterocycles. The van der Waals surface area contributed by atoms with Crippen LogP contribution in [0.4, 0.5) is 4.79 Å². The van der Waals surface area contributed by atoms with E-state index in [4.69, 9.17) is 9.47 Å². The van der Waals surface area contributed by atoms with Gasteiger partial charge in [0.2, 0.25) is 0 Å². The van der Waals surface area contributed by atoms with Gasteiger partial charge in [0.25, 0.3) is 0 Å². The van der Waals surface area contributed by atoms with Gasteiger partial charge < -0.3 is 19.8 Å². The van der Waals surface area contributed by atoms with Crippen molar-refractivity contribution in [1.29, 1.82) is 0 Å². The number of H-pyrrole nitrogens is 1. The fourth-order valence-electron chi connectivity index (χ4n) is 2.55. The number of carbonyl (C=O) groups is 1. The average molecular weight is 286 g/mol. The second-order valence-electron chi connectivity index (χ2n) is 4.88. The van der Waals surface area contributed by atoms with Crippen LogP contribution in [-0.2, 0) is 4.74 Å². The van der Waals surface area contributed by atoms with Crippen molar-refractivity contribution in [2.45, 2.75) is 13.3 Å².